The molecule has 0 atom stereocenters. The molecule has 0 saturated carbocycles. The number of fused-ring (bicyclic) bond motifs is 1. The van der Waals surface area contributed by atoms with Crippen LogP contribution in [0.5, 0.6) is 0 Å². The Morgan fingerprint density at radius 2 is 2.00 bits per heavy atom. The molecule has 7 heteroatoms. The summed E-state index contributed by atoms with van der Waals surface area (Å²) in [5, 5.41) is 9.01. The number of nitrogens with zero attached hydrogens (tertiary/aromatic N) is 4. The van der Waals surface area contributed by atoms with E-state index in [1.165, 1.54) is 0 Å². The van der Waals surface area contributed by atoms with Crippen LogP contribution >= 0.6 is 39.1 Å². The first kappa shape index (κ1) is 11.9. The standard InChI is InChI=1S/C11H5BrCl2N4/c12-7-3-1-2-6(8(7)13)10-16-17-11-9(14)15-4-5-18(10)11/h1-5H. The second-order valence-electron chi connectivity index (χ2n) is 3.54. The van der Waals surface area contributed by atoms with Crippen LogP contribution in [0.3, 0.4) is 0 Å². The minimum Gasteiger partial charge on any atom is -0.278 e. The molecule has 90 valence electrons. The zero-order valence-electron chi connectivity index (χ0n) is 8.81. The fourth-order valence-corrected chi connectivity index (χ4v) is 2.42. The summed E-state index contributed by atoms with van der Waals surface area (Å²) >= 11 is 15.6. The van der Waals surface area contributed by atoms with E-state index >= 15 is 0 Å². The van der Waals surface area contributed by atoms with Crippen molar-refractivity contribution >= 4 is 44.8 Å². The molecule has 0 aliphatic heterocycles. The Morgan fingerprint density at radius 1 is 1.17 bits per heavy atom. The average molecular weight is 344 g/mol. The lowest BCUT2D eigenvalue weighted by Crippen LogP contribution is -1.91. The minimum absolute atomic E-state index is 0.308. The van der Waals surface area contributed by atoms with Crippen molar-refractivity contribution in [3.8, 4) is 11.4 Å². The summed E-state index contributed by atoms with van der Waals surface area (Å²) in [6.07, 6.45) is 3.34. The fourth-order valence-electron chi connectivity index (χ4n) is 1.66. The maximum absolute atomic E-state index is 6.25. The number of hydrogen-bond acceptors (Lipinski definition) is 3. The molecule has 0 aliphatic rings. The van der Waals surface area contributed by atoms with E-state index in [1.807, 2.05) is 18.2 Å². The lowest BCUT2D eigenvalue weighted by molar-refractivity contribution is 1.11. The Kier molecular flexibility index (Phi) is 2.97. The molecule has 18 heavy (non-hydrogen) atoms. The van der Waals surface area contributed by atoms with Crippen molar-refractivity contribution in [3.05, 3.63) is 45.2 Å². The van der Waals surface area contributed by atoms with Crippen LogP contribution in [0.4, 0.5) is 0 Å². The number of benzene rings is 1. The Labute approximate surface area is 121 Å². The molecule has 3 rings (SSSR count). The first-order chi connectivity index (χ1) is 8.68. The highest BCUT2D eigenvalue weighted by Crippen LogP contribution is 2.33. The molecule has 2 aromatic heterocycles. The van der Waals surface area contributed by atoms with E-state index in [1.54, 1.807) is 16.8 Å². The molecule has 0 saturated heterocycles. The maximum atomic E-state index is 6.25. The molecule has 0 N–H and O–H groups in total. The molecule has 2 heterocycles. The van der Waals surface area contributed by atoms with Gasteiger partial charge < -0.3 is 0 Å². The third-order valence-electron chi connectivity index (χ3n) is 2.48. The van der Waals surface area contributed by atoms with Crippen LogP contribution in [0.25, 0.3) is 17.0 Å². The molecular formula is C11H5BrCl2N4. The Morgan fingerprint density at radius 3 is 2.83 bits per heavy atom. The summed E-state index contributed by atoms with van der Waals surface area (Å²) < 4.78 is 2.56. The summed E-state index contributed by atoms with van der Waals surface area (Å²) in [5.74, 6) is 0.626. The van der Waals surface area contributed by atoms with Gasteiger partial charge in [0.05, 0.1) is 5.02 Å². The van der Waals surface area contributed by atoms with E-state index in [9.17, 15) is 0 Å². The van der Waals surface area contributed by atoms with Crippen LogP contribution in [0, 0.1) is 0 Å². The van der Waals surface area contributed by atoms with Gasteiger partial charge in [0.25, 0.3) is 0 Å². The van der Waals surface area contributed by atoms with Gasteiger partial charge in [0.2, 0.25) is 0 Å². The molecule has 0 spiro atoms. The molecule has 4 nitrogen and oxygen atoms in total. The van der Waals surface area contributed by atoms with Crippen molar-refractivity contribution < 1.29 is 0 Å². The van der Waals surface area contributed by atoms with E-state index in [2.05, 4.69) is 31.1 Å². The van der Waals surface area contributed by atoms with Gasteiger partial charge in [0.15, 0.2) is 16.6 Å². The highest BCUT2D eigenvalue weighted by Gasteiger charge is 2.14. The maximum Gasteiger partial charge on any atom is 0.198 e. The number of aromatic nitrogens is 4. The van der Waals surface area contributed by atoms with Gasteiger partial charge in [-0.25, -0.2) is 4.98 Å². The highest BCUT2D eigenvalue weighted by molar-refractivity contribution is 9.10. The van der Waals surface area contributed by atoms with Crippen molar-refractivity contribution in [1.29, 1.82) is 0 Å². The topological polar surface area (TPSA) is 43.1 Å². The van der Waals surface area contributed by atoms with Crippen LogP contribution < -0.4 is 0 Å². The van der Waals surface area contributed by atoms with E-state index in [4.69, 9.17) is 23.2 Å². The molecule has 3 aromatic rings. The van der Waals surface area contributed by atoms with Gasteiger partial charge in [-0.1, -0.05) is 29.3 Å². The monoisotopic (exact) mass is 342 g/mol. The molecule has 0 fully saturated rings. The number of rotatable bonds is 1. The van der Waals surface area contributed by atoms with Crippen LogP contribution in [0.1, 0.15) is 0 Å². The van der Waals surface area contributed by atoms with Gasteiger partial charge in [-0.15, -0.1) is 10.2 Å². The van der Waals surface area contributed by atoms with E-state index < -0.39 is 0 Å². The zero-order valence-corrected chi connectivity index (χ0v) is 11.9. The molecule has 0 amide bonds. The number of hydrogen-bond donors (Lipinski definition) is 0. The Hall–Kier alpha value is -1.17. The van der Waals surface area contributed by atoms with E-state index in [0.717, 1.165) is 10.0 Å². The Balaban J connectivity index is 2.33. The highest BCUT2D eigenvalue weighted by atomic mass is 79.9. The minimum atomic E-state index is 0.308. The average Bonchev–Trinajstić information content (AvgIpc) is 2.78. The van der Waals surface area contributed by atoms with Gasteiger partial charge in [-0.05, 0) is 28.1 Å². The summed E-state index contributed by atoms with van der Waals surface area (Å²) in [6, 6.07) is 5.62. The summed E-state index contributed by atoms with van der Waals surface area (Å²) in [6.45, 7) is 0. The molecule has 0 aliphatic carbocycles. The van der Waals surface area contributed by atoms with Crippen molar-refractivity contribution in [2.75, 3.05) is 0 Å². The first-order valence-electron chi connectivity index (χ1n) is 4.98. The normalized spacial score (nSPS) is 11.1. The quantitative estimate of drug-likeness (QED) is 0.673. The third kappa shape index (κ3) is 1.79. The fraction of sp³-hybridized carbons (Fsp3) is 0. The second kappa shape index (κ2) is 4.50. The van der Waals surface area contributed by atoms with Crippen molar-refractivity contribution in [3.63, 3.8) is 0 Å². The summed E-state index contributed by atoms with van der Waals surface area (Å²) in [7, 11) is 0. The number of halogens is 3. The van der Waals surface area contributed by atoms with Crippen LogP contribution in [-0.4, -0.2) is 19.6 Å². The van der Waals surface area contributed by atoms with Crippen LogP contribution in [0.2, 0.25) is 10.2 Å². The molecule has 0 bridgehead atoms. The SMILES string of the molecule is Clc1c(Br)cccc1-c1nnc2c(Cl)nccn12. The largest absolute Gasteiger partial charge is 0.278 e. The summed E-state index contributed by atoms with van der Waals surface area (Å²) in [5.41, 5.74) is 1.28. The third-order valence-corrected chi connectivity index (χ3v) is 4.04. The summed E-state index contributed by atoms with van der Waals surface area (Å²) in [4.78, 5) is 3.95. The predicted octanol–water partition coefficient (Wildman–Crippen LogP) is 3.86. The van der Waals surface area contributed by atoms with Gasteiger partial charge in [-0.2, -0.15) is 0 Å². The van der Waals surface area contributed by atoms with Crippen LogP contribution in [-0.2, 0) is 0 Å². The Bertz CT molecular complexity index is 741. The van der Waals surface area contributed by atoms with E-state index in [0.29, 0.717) is 21.6 Å². The molecular weight excluding hydrogens is 339 g/mol. The lowest BCUT2D eigenvalue weighted by atomic mass is 10.2. The lowest BCUT2D eigenvalue weighted by Gasteiger charge is -2.04. The first-order valence-corrected chi connectivity index (χ1v) is 6.53. The van der Waals surface area contributed by atoms with Crippen molar-refractivity contribution in [2.24, 2.45) is 0 Å². The van der Waals surface area contributed by atoms with Gasteiger partial charge in [-0.3, -0.25) is 4.40 Å². The van der Waals surface area contributed by atoms with Crippen molar-refractivity contribution in [1.82, 2.24) is 19.6 Å². The van der Waals surface area contributed by atoms with E-state index in [-0.39, 0.29) is 0 Å². The predicted molar refractivity (Wildman–Crippen MR) is 73.9 cm³/mol. The molecule has 0 unspecified atom stereocenters. The zero-order chi connectivity index (χ0) is 12.7. The van der Waals surface area contributed by atoms with Gasteiger partial charge in [0, 0.05) is 22.4 Å². The van der Waals surface area contributed by atoms with Crippen LogP contribution in [0.15, 0.2) is 35.1 Å². The second-order valence-corrected chi connectivity index (χ2v) is 5.13. The van der Waals surface area contributed by atoms with Gasteiger partial charge >= 0.3 is 0 Å². The van der Waals surface area contributed by atoms with Crippen molar-refractivity contribution in [2.45, 2.75) is 0 Å². The smallest absolute Gasteiger partial charge is 0.198 e. The van der Waals surface area contributed by atoms with Gasteiger partial charge in [0.1, 0.15) is 0 Å². The molecule has 1 aromatic carbocycles. The molecule has 0 radical (unpaired) electrons.